The highest BCUT2D eigenvalue weighted by atomic mass is 31.0. The maximum absolute atomic E-state index is 14.2. The Kier molecular flexibility index (Phi) is 9.36. The van der Waals surface area contributed by atoms with Gasteiger partial charge in [-0.05, 0) is 13.8 Å². The van der Waals surface area contributed by atoms with Crippen LogP contribution in [-0.4, -0.2) is 59.9 Å². The van der Waals surface area contributed by atoms with E-state index in [4.69, 9.17) is 0 Å². The number of carbonyl (C=O) groups excluding carboxylic acids is 2. The lowest BCUT2D eigenvalue weighted by Crippen LogP contribution is -2.69. The van der Waals surface area contributed by atoms with Crippen LogP contribution < -0.4 is 0 Å². The largest absolute Gasteiger partial charge is 0.458 e. The van der Waals surface area contributed by atoms with Crippen molar-refractivity contribution in [2.24, 2.45) is 0 Å². The molecule has 3 atom stereocenters. The summed E-state index contributed by atoms with van der Waals surface area (Å²) in [6.07, 6.45) is -12.4. The van der Waals surface area contributed by atoms with Crippen molar-refractivity contribution in [3.8, 4) is 0 Å². The van der Waals surface area contributed by atoms with Crippen LogP contribution in [0.15, 0.2) is 24.3 Å². The van der Waals surface area contributed by atoms with Gasteiger partial charge in [-0.1, -0.05) is 22.4 Å². The Hall–Kier alpha value is -1.99. The molecule has 0 rings (SSSR count). The second kappa shape index (κ2) is 9.94. The standard InChI is InChI=1S/C17H17F12O4P/c1-7(2)10(30)32-6-9(33-11(31)8(3)4)5-12(18,19)13(20,21)14(22,23)15(24,25)16(26,34)17(27,28)29/h9H,1,3,5-6,34H2,2,4H3/t9-,16-/m1/s1. The summed E-state index contributed by atoms with van der Waals surface area (Å²) in [6, 6.07) is 0. The molecular weight excluding hydrogens is 527 g/mol. The summed E-state index contributed by atoms with van der Waals surface area (Å²) in [6.45, 7) is 6.48. The smallest absolute Gasteiger partial charge is 0.432 e. The molecule has 0 heterocycles. The molecular formula is C17H17F12O4P. The first-order valence-electron chi connectivity index (χ1n) is 8.52. The molecule has 4 nitrogen and oxygen atoms in total. The molecule has 0 saturated carbocycles. The Morgan fingerprint density at radius 1 is 0.765 bits per heavy atom. The van der Waals surface area contributed by atoms with Crippen molar-refractivity contribution >= 4 is 21.2 Å². The highest BCUT2D eigenvalue weighted by Gasteiger charge is 2.88. The van der Waals surface area contributed by atoms with E-state index >= 15 is 0 Å². The average molecular weight is 544 g/mol. The third-order valence-electron chi connectivity index (χ3n) is 3.97. The molecule has 198 valence electrons. The van der Waals surface area contributed by atoms with Crippen LogP contribution in [0.4, 0.5) is 52.7 Å². The van der Waals surface area contributed by atoms with Crippen molar-refractivity contribution < 1.29 is 71.7 Å². The van der Waals surface area contributed by atoms with E-state index in [9.17, 15) is 62.3 Å². The Balaban J connectivity index is 6.27. The van der Waals surface area contributed by atoms with Gasteiger partial charge >= 0.3 is 41.8 Å². The monoisotopic (exact) mass is 544 g/mol. The van der Waals surface area contributed by atoms with Gasteiger partial charge < -0.3 is 9.47 Å². The lowest BCUT2D eigenvalue weighted by atomic mass is 9.92. The quantitative estimate of drug-likeness (QED) is 0.147. The summed E-state index contributed by atoms with van der Waals surface area (Å²) in [4.78, 5) is 22.8. The van der Waals surface area contributed by atoms with E-state index < -0.39 is 81.2 Å². The van der Waals surface area contributed by atoms with E-state index in [2.05, 4.69) is 22.6 Å². The molecule has 0 aliphatic rings. The number of ether oxygens (including phenoxy) is 2. The molecule has 0 amide bonds. The van der Waals surface area contributed by atoms with E-state index in [1.807, 2.05) is 0 Å². The lowest BCUT2D eigenvalue weighted by Gasteiger charge is -2.41. The predicted molar refractivity (Wildman–Crippen MR) is 94.5 cm³/mol. The number of hydrogen-bond donors (Lipinski definition) is 0. The molecule has 0 bridgehead atoms. The predicted octanol–water partition coefficient (Wildman–Crippen LogP) is 5.63. The first-order chi connectivity index (χ1) is 14.8. The SMILES string of the molecule is C=C(C)C(=O)OC[C@@H](CC(F)(F)C(F)(F)C(F)(F)C(F)(F)[C@@](F)(P)C(F)(F)F)OC(=O)C(=C)C. The van der Waals surface area contributed by atoms with Crippen LogP contribution >= 0.6 is 9.24 Å². The molecule has 1 unspecified atom stereocenters. The molecule has 0 spiro atoms. The molecule has 0 radical (unpaired) electrons. The second-order valence-electron chi connectivity index (χ2n) is 7.03. The fourth-order valence-corrected chi connectivity index (χ4v) is 2.11. The van der Waals surface area contributed by atoms with E-state index in [0.29, 0.717) is 0 Å². The van der Waals surface area contributed by atoms with Gasteiger partial charge in [-0.2, -0.15) is 48.3 Å². The zero-order chi connectivity index (χ0) is 27.7. The second-order valence-corrected chi connectivity index (χ2v) is 7.82. The van der Waals surface area contributed by atoms with Gasteiger partial charge in [-0.25, -0.2) is 14.0 Å². The van der Waals surface area contributed by atoms with Gasteiger partial charge in [0.05, 0.1) is 6.42 Å². The molecule has 0 aromatic rings. The van der Waals surface area contributed by atoms with Gasteiger partial charge in [0.25, 0.3) is 5.41 Å². The van der Waals surface area contributed by atoms with Crippen molar-refractivity contribution in [1.82, 2.24) is 0 Å². The van der Waals surface area contributed by atoms with E-state index in [1.165, 1.54) is 0 Å². The minimum atomic E-state index is -7.65. The number of esters is 2. The fourth-order valence-electron chi connectivity index (χ4n) is 1.93. The van der Waals surface area contributed by atoms with Gasteiger partial charge in [-0.3, -0.25) is 0 Å². The highest BCUT2D eigenvalue weighted by Crippen LogP contribution is 2.62. The first-order valence-corrected chi connectivity index (χ1v) is 9.10. The van der Waals surface area contributed by atoms with Crippen LogP contribution in [0.2, 0.25) is 0 Å². The first kappa shape index (κ1) is 32.0. The van der Waals surface area contributed by atoms with Gasteiger partial charge in [0.1, 0.15) is 12.7 Å². The molecule has 0 aromatic carbocycles. The van der Waals surface area contributed by atoms with Crippen molar-refractivity contribution in [3.63, 3.8) is 0 Å². The molecule has 34 heavy (non-hydrogen) atoms. The Morgan fingerprint density at radius 2 is 1.18 bits per heavy atom. The number of halogens is 12. The molecule has 0 aliphatic heterocycles. The maximum Gasteiger partial charge on any atom is 0.432 e. The minimum absolute atomic E-state index is 0.389. The van der Waals surface area contributed by atoms with E-state index in [0.717, 1.165) is 13.8 Å². The van der Waals surface area contributed by atoms with Crippen molar-refractivity contribution in [2.45, 2.75) is 61.6 Å². The molecule has 17 heteroatoms. The van der Waals surface area contributed by atoms with E-state index in [1.54, 1.807) is 0 Å². The third-order valence-corrected chi connectivity index (χ3v) is 4.66. The fraction of sp³-hybridized carbons (Fsp3) is 0.647. The average Bonchev–Trinajstić information content (AvgIpc) is 2.63. The maximum atomic E-state index is 14.2. The topological polar surface area (TPSA) is 52.6 Å². The van der Waals surface area contributed by atoms with Gasteiger partial charge in [0.2, 0.25) is 0 Å². The van der Waals surface area contributed by atoms with Gasteiger partial charge in [-0.15, -0.1) is 0 Å². The van der Waals surface area contributed by atoms with Crippen LogP contribution in [-0.2, 0) is 19.1 Å². The van der Waals surface area contributed by atoms with Crippen molar-refractivity contribution in [1.29, 1.82) is 0 Å². The molecule has 0 aromatic heterocycles. The number of rotatable bonds is 11. The van der Waals surface area contributed by atoms with E-state index in [-0.39, 0.29) is 5.57 Å². The Morgan fingerprint density at radius 3 is 1.53 bits per heavy atom. The van der Waals surface area contributed by atoms with Crippen LogP contribution in [0.5, 0.6) is 0 Å². The number of carbonyl (C=O) groups is 2. The summed E-state index contributed by atoms with van der Waals surface area (Å²) < 4.78 is 171. The molecule has 0 N–H and O–H groups in total. The summed E-state index contributed by atoms with van der Waals surface area (Å²) in [5.41, 5.74) is -0.946. The normalized spacial score (nSPS) is 16.3. The van der Waals surface area contributed by atoms with Crippen molar-refractivity contribution in [2.75, 3.05) is 6.61 Å². The van der Waals surface area contributed by atoms with Crippen LogP contribution in [0.3, 0.4) is 0 Å². The summed E-state index contributed by atoms with van der Waals surface area (Å²) in [5, 5.41) is -6.45. The minimum Gasteiger partial charge on any atom is -0.458 e. The Labute approximate surface area is 186 Å². The van der Waals surface area contributed by atoms with Crippen LogP contribution in [0.25, 0.3) is 0 Å². The molecule has 0 aliphatic carbocycles. The van der Waals surface area contributed by atoms with Crippen molar-refractivity contribution in [3.05, 3.63) is 24.3 Å². The Bertz CT molecular complexity index is 820. The van der Waals surface area contributed by atoms with Gasteiger partial charge in [0, 0.05) is 11.1 Å². The van der Waals surface area contributed by atoms with Gasteiger partial charge in [0.15, 0.2) is 0 Å². The third kappa shape index (κ3) is 5.98. The zero-order valence-corrected chi connectivity index (χ0v) is 18.3. The summed E-state index contributed by atoms with van der Waals surface area (Å²) in [7, 11) is -0.450. The molecule has 0 fully saturated rings. The molecule has 0 saturated heterocycles. The summed E-state index contributed by atoms with van der Waals surface area (Å²) in [5.74, 6) is -31.8. The van der Waals surface area contributed by atoms with Crippen LogP contribution in [0.1, 0.15) is 20.3 Å². The number of alkyl halides is 12. The zero-order valence-electron chi connectivity index (χ0n) is 17.2. The lowest BCUT2D eigenvalue weighted by molar-refractivity contribution is -0.401. The van der Waals surface area contributed by atoms with Crippen LogP contribution in [0, 0.1) is 0 Å². The number of hydrogen-bond acceptors (Lipinski definition) is 4. The summed E-state index contributed by atoms with van der Waals surface area (Å²) >= 11 is 0. The highest BCUT2D eigenvalue weighted by molar-refractivity contribution is 7.19.